The van der Waals surface area contributed by atoms with Crippen molar-refractivity contribution in [1.29, 1.82) is 0 Å². The number of ketones is 1. The Labute approximate surface area is 76.6 Å². The summed E-state index contributed by atoms with van der Waals surface area (Å²) in [4.78, 5) is 15.2. The van der Waals surface area contributed by atoms with Crippen molar-refractivity contribution >= 4 is 17.1 Å². The molecule has 1 atom stereocenters. The molecule has 0 aliphatic rings. The maximum atomic E-state index is 11.1. The fraction of sp³-hybridized carbons (Fsp3) is 0.556. The molecule has 0 aliphatic carbocycles. The lowest BCUT2D eigenvalue weighted by Crippen LogP contribution is -2.12. The first kappa shape index (κ1) is 9.39. The first-order chi connectivity index (χ1) is 5.74. The van der Waals surface area contributed by atoms with Crippen LogP contribution in [0.15, 0.2) is 10.9 Å². The fourth-order valence-corrected chi connectivity index (χ4v) is 1.74. The Hall–Kier alpha value is -0.700. The van der Waals surface area contributed by atoms with Crippen molar-refractivity contribution in [3.05, 3.63) is 16.6 Å². The zero-order valence-corrected chi connectivity index (χ0v) is 8.23. The largest absolute Gasteiger partial charge is 0.300 e. The van der Waals surface area contributed by atoms with Gasteiger partial charge in [0, 0.05) is 17.7 Å². The summed E-state index contributed by atoms with van der Waals surface area (Å²) in [6, 6.07) is 0. The minimum Gasteiger partial charge on any atom is -0.300 e. The van der Waals surface area contributed by atoms with Gasteiger partial charge in [-0.05, 0) is 13.3 Å². The molecule has 1 unspecified atom stereocenters. The van der Waals surface area contributed by atoms with Gasteiger partial charge in [0.25, 0.3) is 0 Å². The Kier molecular flexibility index (Phi) is 3.41. The topological polar surface area (TPSA) is 30.0 Å². The summed E-state index contributed by atoms with van der Waals surface area (Å²) in [6.45, 7) is 3.69. The second-order valence-corrected chi connectivity index (χ2v) is 3.62. The molecule has 3 heteroatoms. The molecule has 0 amide bonds. The third kappa shape index (κ3) is 2.41. The highest BCUT2D eigenvalue weighted by Crippen LogP contribution is 2.12. The monoisotopic (exact) mass is 183 g/mol. The van der Waals surface area contributed by atoms with E-state index in [-0.39, 0.29) is 11.7 Å². The third-order valence-corrected chi connectivity index (χ3v) is 2.64. The van der Waals surface area contributed by atoms with Crippen molar-refractivity contribution in [3.63, 3.8) is 0 Å². The van der Waals surface area contributed by atoms with Crippen LogP contribution in [0.1, 0.15) is 26.0 Å². The van der Waals surface area contributed by atoms with Crippen molar-refractivity contribution in [1.82, 2.24) is 4.98 Å². The molecule has 0 aliphatic heterocycles. The number of carbonyl (C=O) groups excluding carboxylic acids is 1. The van der Waals surface area contributed by atoms with Crippen LogP contribution < -0.4 is 0 Å². The van der Waals surface area contributed by atoms with E-state index < -0.39 is 0 Å². The third-order valence-electron chi connectivity index (χ3n) is 2.01. The van der Waals surface area contributed by atoms with Gasteiger partial charge in [-0.25, -0.2) is 4.98 Å². The van der Waals surface area contributed by atoms with Crippen LogP contribution in [0.5, 0.6) is 0 Å². The molecule has 1 heterocycles. The molecule has 0 N–H and O–H groups in total. The Bertz CT molecular complexity index is 243. The second-order valence-electron chi connectivity index (χ2n) is 2.90. The molecular formula is C9H13NOS. The number of nitrogens with zero attached hydrogens (tertiary/aromatic N) is 1. The summed E-state index contributed by atoms with van der Waals surface area (Å²) >= 11 is 1.58. The van der Waals surface area contributed by atoms with Gasteiger partial charge in [-0.2, -0.15) is 0 Å². The van der Waals surface area contributed by atoms with E-state index in [1.165, 1.54) is 0 Å². The molecular weight excluding hydrogens is 170 g/mol. The van der Waals surface area contributed by atoms with E-state index in [1.807, 2.05) is 17.8 Å². The average molecular weight is 183 g/mol. The Morgan fingerprint density at radius 3 is 2.92 bits per heavy atom. The van der Waals surface area contributed by atoms with Crippen molar-refractivity contribution in [2.75, 3.05) is 0 Å². The molecule has 0 saturated carbocycles. The number of aromatic nitrogens is 1. The number of hydrogen-bond donors (Lipinski definition) is 0. The quantitative estimate of drug-likeness (QED) is 0.717. The number of hydrogen-bond acceptors (Lipinski definition) is 3. The Morgan fingerprint density at radius 2 is 2.50 bits per heavy atom. The molecule has 0 fully saturated rings. The van der Waals surface area contributed by atoms with Gasteiger partial charge in [-0.3, -0.25) is 4.79 Å². The molecule has 0 spiro atoms. The zero-order valence-electron chi connectivity index (χ0n) is 7.41. The highest BCUT2D eigenvalue weighted by Gasteiger charge is 2.12. The first-order valence-corrected chi connectivity index (χ1v) is 5.05. The van der Waals surface area contributed by atoms with Crippen LogP contribution in [0.4, 0.5) is 0 Å². The van der Waals surface area contributed by atoms with Gasteiger partial charge >= 0.3 is 0 Å². The van der Waals surface area contributed by atoms with E-state index in [2.05, 4.69) is 4.98 Å². The second kappa shape index (κ2) is 4.36. The van der Waals surface area contributed by atoms with Gasteiger partial charge in [-0.1, -0.05) is 6.92 Å². The lowest BCUT2D eigenvalue weighted by atomic mass is 9.97. The molecule has 0 bridgehead atoms. The molecule has 0 saturated heterocycles. The van der Waals surface area contributed by atoms with Crippen molar-refractivity contribution in [2.45, 2.75) is 26.7 Å². The van der Waals surface area contributed by atoms with Gasteiger partial charge in [0.05, 0.1) is 11.2 Å². The summed E-state index contributed by atoms with van der Waals surface area (Å²) in [5, 5.41) is 2.01. The zero-order chi connectivity index (χ0) is 8.97. The van der Waals surface area contributed by atoms with E-state index in [0.29, 0.717) is 0 Å². The predicted molar refractivity (Wildman–Crippen MR) is 50.3 cm³/mol. The predicted octanol–water partition coefficient (Wildman–Crippen LogP) is 2.30. The molecule has 1 aromatic rings. The van der Waals surface area contributed by atoms with Gasteiger partial charge in [-0.15, -0.1) is 11.3 Å². The molecule has 66 valence electrons. The summed E-state index contributed by atoms with van der Waals surface area (Å²) < 4.78 is 0. The first-order valence-electron chi connectivity index (χ1n) is 4.11. The van der Waals surface area contributed by atoms with Crippen LogP contribution in [-0.4, -0.2) is 10.8 Å². The van der Waals surface area contributed by atoms with Gasteiger partial charge < -0.3 is 0 Å². The van der Waals surface area contributed by atoms with Crippen LogP contribution in [0.2, 0.25) is 0 Å². The van der Waals surface area contributed by atoms with Crippen LogP contribution in [0.3, 0.4) is 0 Å². The Balaban J connectivity index is 2.54. The molecule has 12 heavy (non-hydrogen) atoms. The number of thiazole rings is 1. The minimum atomic E-state index is 0.159. The summed E-state index contributed by atoms with van der Waals surface area (Å²) in [6.07, 6.45) is 1.71. The van der Waals surface area contributed by atoms with Gasteiger partial charge in [0.15, 0.2) is 0 Å². The molecule has 1 rings (SSSR count). The Morgan fingerprint density at radius 1 is 1.75 bits per heavy atom. The highest BCUT2D eigenvalue weighted by molar-refractivity contribution is 7.07. The maximum Gasteiger partial charge on any atom is 0.133 e. The van der Waals surface area contributed by atoms with Crippen LogP contribution in [0, 0.1) is 5.92 Å². The highest BCUT2D eigenvalue weighted by atomic mass is 32.1. The SMILES string of the molecule is CCC(Cc1cscn1)C(C)=O. The molecule has 2 nitrogen and oxygen atoms in total. The van der Waals surface area contributed by atoms with E-state index in [9.17, 15) is 4.79 Å². The maximum absolute atomic E-state index is 11.1. The van der Waals surface area contributed by atoms with E-state index in [0.717, 1.165) is 18.5 Å². The number of rotatable bonds is 4. The van der Waals surface area contributed by atoms with E-state index >= 15 is 0 Å². The molecule has 1 aromatic heterocycles. The molecule has 0 aromatic carbocycles. The lowest BCUT2D eigenvalue weighted by Gasteiger charge is -2.07. The van der Waals surface area contributed by atoms with Gasteiger partial charge in [0.1, 0.15) is 5.78 Å². The standard InChI is InChI=1S/C9H13NOS/c1-3-8(7(2)11)4-9-5-12-6-10-9/h5-6,8H,3-4H2,1-2H3. The van der Waals surface area contributed by atoms with E-state index in [1.54, 1.807) is 18.3 Å². The lowest BCUT2D eigenvalue weighted by molar-refractivity contribution is -0.120. The summed E-state index contributed by atoms with van der Waals surface area (Å²) in [5.74, 6) is 0.428. The number of carbonyl (C=O) groups is 1. The minimum absolute atomic E-state index is 0.159. The van der Waals surface area contributed by atoms with Crippen molar-refractivity contribution < 1.29 is 4.79 Å². The van der Waals surface area contributed by atoms with Crippen LogP contribution in [-0.2, 0) is 11.2 Å². The summed E-state index contributed by atoms with van der Waals surface area (Å²) in [5.41, 5.74) is 2.85. The van der Waals surface area contributed by atoms with Crippen molar-refractivity contribution in [3.8, 4) is 0 Å². The van der Waals surface area contributed by atoms with Crippen LogP contribution >= 0.6 is 11.3 Å². The van der Waals surface area contributed by atoms with Gasteiger partial charge in [0.2, 0.25) is 0 Å². The fourth-order valence-electron chi connectivity index (χ4n) is 1.17. The van der Waals surface area contributed by atoms with Crippen LogP contribution in [0.25, 0.3) is 0 Å². The van der Waals surface area contributed by atoms with E-state index in [4.69, 9.17) is 0 Å². The smallest absolute Gasteiger partial charge is 0.133 e. The van der Waals surface area contributed by atoms with Crippen molar-refractivity contribution in [2.24, 2.45) is 5.92 Å². The molecule has 0 radical (unpaired) electrons. The number of Topliss-reactive ketones (excluding diaryl/α,β-unsaturated/α-hetero) is 1. The average Bonchev–Trinajstić information content (AvgIpc) is 2.51. The summed E-state index contributed by atoms with van der Waals surface area (Å²) in [7, 11) is 0. The normalized spacial score (nSPS) is 12.8.